The van der Waals surface area contributed by atoms with Gasteiger partial charge in [-0.1, -0.05) is 12.6 Å². The zero-order chi connectivity index (χ0) is 32.0. The normalized spacial score (nSPS) is 26.2. The third-order valence-electron chi connectivity index (χ3n) is 9.81. The van der Waals surface area contributed by atoms with E-state index in [0.717, 1.165) is 11.1 Å². The highest BCUT2D eigenvalue weighted by molar-refractivity contribution is 6.04. The number of nitrogens with zero attached hydrogens (tertiary/aromatic N) is 6. The Morgan fingerprint density at radius 2 is 2.07 bits per heavy atom. The van der Waals surface area contributed by atoms with E-state index in [1.807, 2.05) is 16.8 Å². The molecule has 1 spiro atoms. The van der Waals surface area contributed by atoms with E-state index in [1.54, 1.807) is 13.0 Å². The smallest absolute Gasteiger partial charge is 0.318 e. The van der Waals surface area contributed by atoms with E-state index in [4.69, 9.17) is 14.7 Å². The Balaban J connectivity index is 1.39. The third-order valence-corrected chi connectivity index (χ3v) is 9.81. The predicted octanol–water partition coefficient (Wildman–Crippen LogP) is 3.53. The molecule has 1 aromatic carbocycles. The number of rotatable bonds is 6. The highest BCUT2D eigenvalue weighted by Gasteiger charge is 2.49. The van der Waals surface area contributed by atoms with Gasteiger partial charge in [0.15, 0.2) is 11.6 Å². The number of hydrogen-bond acceptors (Lipinski definition) is 8. The number of ether oxygens (including phenoxy) is 1. The second-order valence-corrected chi connectivity index (χ2v) is 12.5. The molecule has 1 aliphatic carbocycles. The molecule has 1 aromatic heterocycles. The number of piperazine rings is 1. The molecule has 2 aromatic rings. The van der Waals surface area contributed by atoms with Crippen molar-refractivity contribution in [1.29, 1.82) is 5.26 Å². The molecule has 238 valence electrons. The number of anilines is 2. The Hall–Kier alpha value is -4.18. The number of carbonyl (C=O) groups is 2. The SMILES string of the molecule is C=C(F)C(=O)N1CCN(c2nc(OC[C@@H]3C[C@@H](F)CN3C)nc3c2NC(=O)C2(CCCc4c2ccc(F)c4C)C3)C[C@@H]1CC#N. The van der Waals surface area contributed by atoms with Crippen LogP contribution in [0.3, 0.4) is 0 Å². The van der Waals surface area contributed by atoms with Crippen LogP contribution in [0, 0.1) is 24.1 Å². The average molecular weight is 624 g/mol. The fraction of sp³-hybridized carbons (Fsp3) is 0.531. The van der Waals surface area contributed by atoms with Crippen LogP contribution in [0.5, 0.6) is 6.01 Å². The minimum absolute atomic E-state index is 0.0489. The van der Waals surface area contributed by atoms with Gasteiger partial charge in [0.05, 0.1) is 29.6 Å². The van der Waals surface area contributed by atoms with Crippen molar-refractivity contribution in [3.63, 3.8) is 0 Å². The van der Waals surface area contributed by atoms with Gasteiger partial charge in [-0.2, -0.15) is 15.2 Å². The van der Waals surface area contributed by atoms with Gasteiger partial charge < -0.3 is 19.9 Å². The summed E-state index contributed by atoms with van der Waals surface area (Å²) in [5, 5.41) is 12.5. The number of hydrogen-bond donors (Lipinski definition) is 1. The molecule has 2 amide bonds. The van der Waals surface area contributed by atoms with E-state index in [0.29, 0.717) is 55.0 Å². The van der Waals surface area contributed by atoms with E-state index < -0.39 is 29.4 Å². The lowest BCUT2D eigenvalue weighted by molar-refractivity contribution is -0.131. The zero-order valence-electron chi connectivity index (χ0n) is 25.4. The molecule has 1 N–H and O–H groups in total. The standard InChI is InChI=1S/C32H36F3N7O3/c1-18-23-5-4-9-32(24(23)6-7-25(18)35)14-26-27(38-30(32)44)28(39-31(37-26)45-17-22-13-20(34)15-40(22)3)41-11-12-42(29(43)19(2)33)21(16-41)8-10-36/h6-7,20-22H,2,4-5,8-9,11-17H2,1,3H3,(H,38,44)/t20-,21+,22+,32?/m1/s1. The molecule has 4 aliphatic rings. The van der Waals surface area contributed by atoms with Crippen LogP contribution in [-0.2, 0) is 27.8 Å². The fourth-order valence-corrected chi connectivity index (χ4v) is 7.37. The number of aromatic nitrogens is 2. The number of likely N-dealkylation sites (N-methyl/N-ethyl adjacent to an activating group) is 1. The predicted molar refractivity (Wildman–Crippen MR) is 160 cm³/mol. The maximum atomic E-state index is 14.5. The second kappa shape index (κ2) is 12.0. The molecular formula is C32H36F3N7O3. The van der Waals surface area contributed by atoms with Crippen molar-refractivity contribution < 1.29 is 27.5 Å². The molecule has 0 radical (unpaired) electrons. The van der Waals surface area contributed by atoms with Crippen LogP contribution < -0.4 is 15.0 Å². The Kier molecular flexibility index (Phi) is 8.20. The topological polar surface area (TPSA) is 115 Å². The molecule has 13 heteroatoms. The van der Waals surface area contributed by atoms with Gasteiger partial charge in [0.1, 0.15) is 24.3 Å². The maximum absolute atomic E-state index is 14.5. The number of nitriles is 1. The van der Waals surface area contributed by atoms with Gasteiger partial charge in [0.2, 0.25) is 5.91 Å². The molecule has 4 atom stereocenters. The van der Waals surface area contributed by atoms with Crippen molar-refractivity contribution in [2.24, 2.45) is 0 Å². The lowest BCUT2D eigenvalue weighted by atomic mass is 9.64. The number of fused-ring (bicyclic) bond motifs is 3. The second-order valence-electron chi connectivity index (χ2n) is 12.5. The molecule has 4 heterocycles. The number of likely N-dealkylation sites (tertiary alicyclic amines) is 1. The van der Waals surface area contributed by atoms with Gasteiger partial charge in [-0.3, -0.25) is 14.5 Å². The largest absolute Gasteiger partial charge is 0.462 e. The molecule has 2 fully saturated rings. The molecule has 10 nitrogen and oxygen atoms in total. The van der Waals surface area contributed by atoms with Gasteiger partial charge in [-0.05, 0) is 62.4 Å². The van der Waals surface area contributed by atoms with Crippen molar-refractivity contribution >= 4 is 23.3 Å². The van der Waals surface area contributed by atoms with E-state index in [1.165, 1.54) is 11.0 Å². The van der Waals surface area contributed by atoms with Crippen molar-refractivity contribution in [2.75, 3.05) is 50.1 Å². The van der Waals surface area contributed by atoms with Crippen LogP contribution in [0.2, 0.25) is 0 Å². The van der Waals surface area contributed by atoms with Crippen molar-refractivity contribution in [3.05, 3.63) is 52.7 Å². The third kappa shape index (κ3) is 5.49. The number of carbonyl (C=O) groups excluding carboxylic acids is 2. The van der Waals surface area contributed by atoms with E-state index in [-0.39, 0.29) is 62.9 Å². The first-order valence-electron chi connectivity index (χ1n) is 15.3. The summed E-state index contributed by atoms with van der Waals surface area (Å²) in [5.41, 5.74) is 2.13. The summed E-state index contributed by atoms with van der Waals surface area (Å²) in [6, 6.07) is 4.42. The Labute approximate surface area is 259 Å². The van der Waals surface area contributed by atoms with Crippen LogP contribution in [-0.4, -0.2) is 89.7 Å². The first-order valence-corrected chi connectivity index (χ1v) is 15.3. The highest BCUT2D eigenvalue weighted by atomic mass is 19.1. The Bertz CT molecular complexity index is 1600. The molecule has 2 saturated heterocycles. The van der Waals surface area contributed by atoms with E-state index in [9.17, 15) is 28.0 Å². The number of benzene rings is 1. The van der Waals surface area contributed by atoms with E-state index >= 15 is 0 Å². The summed E-state index contributed by atoms with van der Waals surface area (Å²) in [7, 11) is 1.83. The quantitative estimate of drug-likeness (QED) is 0.487. The van der Waals surface area contributed by atoms with Gasteiger partial charge in [-0.15, -0.1) is 0 Å². The lowest BCUT2D eigenvalue weighted by Gasteiger charge is -2.44. The average Bonchev–Trinajstić information content (AvgIpc) is 3.34. The molecule has 0 saturated carbocycles. The molecule has 6 rings (SSSR count). The maximum Gasteiger partial charge on any atom is 0.318 e. The minimum atomic E-state index is -1.10. The molecular weight excluding hydrogens is 587 g/mol. The van der Waals surface area contributed by atoms with Gasteiger partial charge >= 0.3 is 6.01 Å². The lowest BCUT2D eigenvalue weighted by Crippen LogP contribution is -2.56. The number of halogens is 3. The van der Waals surface area contributed by atoms with Crippen LogP contribution in [0.4, 0.5) is 24.7 Å². The monoisotopic (exact) mass is 623 g/mol. The number of nitrogens with one attached hydrogen (secondary N) is 1. The van der Waals surface area contributed by atoms with Crippen LogP contribution in [0.15, 0.2) is 24.5 Å². The Morgan fingerprint density at radius 3 is 2.78 bits per heavy atom. The van der Waals surface area contributed by atoms with Crippen LogP contribution in [0.25, 0.3) is 0 Å². The van der Waals surface area contributed by atoms with Gasteiger partial charge in [0, 0.05) is 38.6 Å². The summed E-state index contributed by atoms with van der Waals surface area (Å²) < 4.78 is 48.5. The van der Waals surface area contributed by atoms with Crippen molar-refractivity contribution in [2.45, 2.75) is 69.1 Å². The van der Waals surface area contributed by atoms with Gasteiger partial charge in [-0.25, -0.2) is 13.2 Å². The van der Waals surface area contributed by atoms with E-state index in [2.05, 4.69) is 18.0 Å². The Morgan fingerprint density at radius 1 is 1.27 bits per heavy atom. The highest BCUT2D eigenvalue weighted by Crippen LogP contribution is 2.47. The molecule has 0 bridgehead atoms. The summed E-state index contributed by atoms with van der Waals surface area (Å²) in [6.07, 6.45) is 1.48. The number of amides is 2. The first kappa shape index (κ1) is 30.8. The number of alkyl halides is 1. The minimum Gasteiger partial charge on any atom is -0.462 e. The fourth-order valence-electron chi connectivity index (χ4n) is 7.37. The summed E-state index contributed by atoms with van der Waals surface area (Å²) >= 11 is 0. The molecule has 1 unspecified atom stereocenters. The van der Waals surface area contributed by atoms with Crippen molar-refractivity contribution in [3.8, 4) is 12.1 Å². The molecule has 3 aliphatic heterocycles. The van der Waals surface area contributed by atoms with Crippen LogP contribution in [0.1, 0.15) is 48.1 Å². The zero-order valence-corrected chi connectivity index (χ0v) is 25.4. The van der Waals surface area contributed by atoms with Crippen LogP contribution >= 0.6 is 0 Å². The molecule has 45 heavy (non-hydrogen) atoms. The summed E-state index contributed by atoms with van der Waals surface area (Å²) in [6.45, 7) is 5.81. The van der Waals surface area contributed by atoms with Crippen molar-refractivity contribution in [1.82, 2.24) is 19.8 Å². The summed E-state index contributed by atoms with van der Waals surface area (Å²) in [5.74, 6) is -2.15. The summed E-state index contributed by atoms with van der Waals surface area (Å²) in [4.78, 5) is 41.0. The first-order chi connectivity index (χ1) is 21.5. The van der Waals surface area contributed by atoms with Gasteiger partial charge in [0.25, 0.3) is 5.91 Å².